The number of aromatic hydroxyl groups is 2. The van der Waals surface area contributed by atoms with Gasteiger partial charge in [0.15, 0.2) is 11.5 Å². The standard InChI is InChI=1S/C15H24N2O5.C2H2O4/c1-10(2)15(21)17-6-5-16-8-11(18)9-22-12-3-4-13(19)14(20)7-12;3-1(4)2(5)6/h3-4,7,10-11,16,18-20H,5-6,8-9H2,1-2H3,(H,17,21);(H,3,4)(H,5,6). The largest absolute Gasteiger partial charge is 0.504 e. The Morgan fingerprint density at radius 3 is 2.14 bits per heavy atom. The van der Waals surface area contributed by atoms with Gasteiger partial charge in [-0.1, -0.05) is 13.8 Å². The number of aliphatic carboxylic acids is 2. The zero-order valence-electron chi connectivity index (χ0n) is 15.6. The molecule has 0 aliphatic heterocycles. The van der Waals surface area contributed by atoms with Crippen molar-refractivity contribution in [2.75, 3.05) is 26.2 Å². The van der Waals surface area contributed by atoms with Gasteiger partial charge in [-0.05, 0) is 12.1 Å². The van der Waals surface area contributed by atoms with E-state index in [2.05, 4.69) is 10.6 Å². The Kier molecular flexibility index (Phi) is 11.7. The third-order valence-corrected chi connectivity index (χ3v) is 3.08. The molecule has 1 atom stereocenters. The molecule has 158 valence electrons. The van der Waals surface area contributed by atoms with Crippen LogP contribution in [0.4, 0.5) is 0 Å². The Bertz CT molecular complexity index is 638. The SMILES string of the molecule is CC(C)C(=O)NCCNCC(O)COc1ccc(O)c(O)c1.O=C(O)C(=O)O. The van der Waals surface area contributed by atoms with Crippen molar-refractivity contribution in [2.24, 2.45) is 5.92 Å². The van der Waals surface area contributed by atoms with Crippen LogP contribution in [0.5, 0.6) is 17.2 Å². The number of hydrogen-bond donors (Lipinski definition) is 7. The average molecular weight is 402 g/mol. The van der Waals surface area contributed by atoms with E-state index in [0.29, 0.717) is 25.4 Å². The maximum atomic E-state index is 11.3. The lowest BCUT2D eigenvalue weighted by Crippen LogP contribution is -2.38. The number of phenols is 2. The summed E-state index contributed by atoms with van der Waals surface area (Å²) >= 11 is 0. The van der Waals surface area contributed by atoms with Gasteiger partial charge in [0.05, 0.1) is 0 Å². The summed E-state index contributed by atoms with van der Waals surface area (Å²) in [5.41, 5.74) is 0. The normalized spacial score (nSPS) is 11.1. The van der Waals surface area contributed by atoms with Crippen molar-refractivity contribution in [1.82, 2.24) is 10.6 Å². The van der Waals surface area contributed by atoms with Gasteiger partial charge in [0, 0.05) is 31.6 Å². The molecule has 0 aliphatic carbocycles. The quantitative estimate of drug-likeness (QED) is 0.159. The molecular formula is C17H26N2O9. The van der Waals surface area contributed by atoms with E-state index in [4.69, 9.17) is 29.6 Å². The Hall–Kier alpha value is -3.05. The van der Waals surface area contributed by atoms with Gasteiger partial charge >= 0.3 is 11.9 Å². The number of amides is 1. The first kappa shape index (κ1) is 24.9. The molecule has 0 radical (unpaired) electrons. The molecule has 0 spiro atoms. The number of carboxylic acid groups (broad SMARTS) is 2. The highest BCUT2D eigenvalue weighted by molar-refractivity contribution is 6.27. The second-order valence-electron chi connectivity index (χ2n) is 5.88. The summed E-state index contributed by atoms with van der Waals surface area (Å²) in [6.07, 6.45) is -0.725. The molecule has 0 aliphatic rings. The zero-order valence-corrected chi connectivity index (χ0v) is 15.6. The number of rotatable bonds is 9. The first-order chi connectivity index (χ1) is 13.0. The summed E-state index contributed by atoms with van der Waals surface area (Å²) in [7, 11) is 0. The summed E-state index contributed by atoms with van der Waals surface area (Å²) in [6, 6.07) is 4.08. The Labute approximate surface area is 161 Å². The van der Waals surface area contributed by atoms with Crippen LogP contribution in [0.15, 0.2) is 18.2 Å². The lowest BCUT2D eigenvalue weighted by atomic mass is 10.2. The van der Waals surface area contributed by atoms with E-state index in [1.165, 1.54) is 18.2 Å². The van der Waals surface area contributed by atoms with Crippen molar-refractivity contribution in [1.29, 1.82) is 0 Å². The second kappa shape index (κ2) is 13.2. The molecule has 0 heterocycles. The Morgan fingerprint density at radius 1 is 1.04 bits per heavy atom. The number of carbonyl (C=O) groups is 3. The van der Waals surface area contributed by atoms with Crippen LogP contribution < -0.4 is 15.4 Å². The van der Waals surface area contributed by atoms with Gasteiger partial charge < -0.3 is 40.9 Å². The van der Waals surface area contributed by atoms with Crippen LogP contribution in [0.25, 0.3) is 0 Å². The van der Waals surface area contributed by atoms with E-state index in [-0.39, 0.29) is 29.9 Å². The topological polar surface area (TPSA) is 186 Å². The first-order valence-electron chi connectivity index (χ1n) is 8.32. The van der Waals surface area contributed by atoms with Crippen LogP contribution in [-0.4, -0.2) is 75.7 Å². The summed E-state index contributed by atoms with van der Waals surface area (Å²) in [5, 5.41) is 48.8. The highest BCUT2D eigenvalue weighted by atomic mass is 16.5. The summed E-state index contributed by atoms with van der Waals surface area (Å²) in [4.78, 5) is 29.5. The number of benzene rings is 1. The summed E-state index contributed by atoms with van der Waals surface area (Å²) in [5.74, 6) is -3.83. The second-order valence-corrected chi connectivity index (χ2v) is 5.88. The predicted molar refractivity (Wildman–Crippen MR) is 97.3 cm³/mol. The van der Waals surface area contributed by atoms with E-state index in [0.717, 1.165) is 0 Å². The lowest BCUT2D eigenvalue weighted by Gasteiger charge is -2.14. The Morgan fingerprint density at radius 2 is 1.64 bits per heavy atom. The third-order valence-electron chi connectivity index (χ3n) is 3.08. The number of hydrogen-bond acceptors (Lipinski definition) is 8. The van der Waals surface area contributed by atoms with E-state index in [1.54, 1.807) is 0 Å². The van der Waals surface area contributed by atoms with Gasteiger partial charge in [-0.3, -0.25) is 4.79 Å². The van der Waals surface area contributed by atoms with Crippen molar-refractivity contribution in [3.8, 4) is 17.2 Å². The van der Waals surface area contributed by atoms with Gasteiger partial charge in [0.1, 0.15) is 18.5 Å². The molecule has 28 heavy (non-hydrogen) atoms. The molecule has 0 fully saturated rings. The predicted octanol–water partition coefficient (Wildman–Crippen LogP) is -0.645. The average Bonchev–Trinajstić information content (AvgIpc) is 2.62. The minimum Gasteiger partial charge on any atom is -0.504 e. The molecule has 1 aromatic carbocycles. The van der Waals surface area contributed by atoms with Crippen molar-refractivity contribution >= 4 is 17.8 Å². The fourth-order valence-electron chi connectivity index (χ4n) is 1.59. The molecule has 11 nitrogen and oxygen atoms in total. The highest BCUT2D eigenvalue weighted by Crippen LogP contribution is 2.28. The molecule has 1 rings (SSSR count). The van der Waals surface area contributed by atoms with E-state index in [1.807, 2.05) is 13.8 Å². The number of nitrogens with one attached hydrogen (secondary N) is 2. The Balaban J connectivity index is 0.00000105. The van der Waals surface area contributed by atoms with Crippen LogP contribution in [0.1, 0.15) is 13.8 Å². The lowest BCUT2D eigenvalue weighted by molar-refractivity contribution is -0.159. The fourth-order valence-corrected chi connectivity index (χ4v) is 1.59. The van der Waals surface area contributed by atoms with Gasteiger partial charge in [0.2, 0.25) is 5.91 Å². The number of carbonyl (C=O) groups excluding carboxylic acids is 1. The molecule has 1 aromatic rings. The number of aliphatic hydroxyl groups is 1. The fraction of sp³-hybridized carbons (Fsp3) is 0.471. The van der Waals surface area contributed by atoms with Crippen LogP contribution in [0.3, 0.4) is 0 Å². The van der Waals surface area contributed by atoms with Gasteiger partial charge in [-0.2, -0.15) is 0 Å². The minimum atomic E-state index is -1.82. The van der Waals surface area contributed by atoms with Gasteiger partial charge in [-0.15, -0.1) is 0 Å². The highest BCUT2D eigenvalue weighted by Gasteiger charge is 2.08. The molecule has 11 heteroatoms. The van der Waals surface area contributed by atoms with Gasteiger partial charge in [-0.25, -0.2) is 9.59 Å². The number of aliphatic hydroxyl groups excluding tert-OH is 1. The van der Waals surface area contributed by atoms with Crippen LogP contribution in [0.2, 0.25) is 0 Å². The first-order valence-corrected chi connectivity index (χ1v) is 8.32. The summed E-state index contributed by atoms with van der Waals surface area (Å²) < 4.78 is 5.30. The van der Waals surface area contributed by atoms with Crippen LogP contribution in [0, 0.1) is 5.92 Å². The van der Waals surface area contributed by atoms with Crippen molar-refractivity contribution in [2.45, 2.75) is 20.0 Å². The van der Waals surface area contributed by atoms with E-state index in [9.17, 15) is 15.0 Å². The van der Waals surface area contributed by atoms with E-state index < -0.39 is 18.0 Å². The molecule has 7 N–H and O–H groups in total. The minimum absolute atomic E-state index is 0.00202. The van der Waals surface area contributed by atoms with Crippen molar-refractivity contribution in [3.05, 3.63) is 18.2 Å². The monoisotopic (exact) mass is 402 g/mol. The molecular weight excluding hydrogens is 376 g/mol. The van der Waals surface area contributed by atoms with Crippen LogP contribution >= 0.6 is 0 Å². The van der Waals surface area contributed by atoms with Gasteiger partial charge in [0.25, 0.3) is 0 Å². The molecule has 0 saturated carbocycles. The van der Waals surface area contributed by atoms with E-state index >= 15 is 0 Å². The number of phenolic OH excluding ortho intramolecular Hbond substituents is 2. The number of carboxylic acids is 2. The van der Waals surface area contributed by atoms with Crippen molar-refractivity contribution in [3.63, 3.8) is 0 Å². The molecule has 1 unspecified atom stereocenters. The van der Waals surface area contributed by atoms with Crippen molar-refractivity contribution < 1.29 is 44.7 Å². The molecule has 0 aromatic heterocycles. The molecule has 1 amide bonds. The maximum Gasteiger partial charge on any atom is 0.414 e. The molecule has 0 saturated heterocycles. The molecule has 0 bridgehead atoms. The summed E-state index contributed by atoms with van der Waals surface area (Å²) in [6.45, 7) is 5.07. The third kappa shape index (κ3) is 11.5. The zero-order chi connectivity index (χ0) is 21.7. The van der Waals surface area contributed by atoms with Crippen LogP contribution in [-0.2, 0) is 14.4 Å². The number of ether oxygens (including phenoxy) is 1. The maximum absolute atomic E-state index is 11.3. The smallest absolute Gasteiger partial charge is 0.414 e.